The topological polar surface area (TPSA) is 131 Å². The van der Waals surface area contributed by atoms with Gasteiger partial charge in [-0.15, -0.1) is 0 Å². The molecule has 1 aromatic carbocycles. The van der Waals surface area contributed by atoms with Crippen molar-refractivity contribution in [1.29, 1.82) is 5.26 Å². The van der Waals surface area contributed by atoms with Gasteiger partial charge in [-0.25, -0.2) is 0 Å². The number of carbonyl (C=O) groups is 1. The maximum absolute atomic E-state index is 12.2. The van der Waals surface area contributed by atoms with E-state index in [0.29, 0.717) is 10.7 Å². The average molecular weight is 427 g/mol. The predicted octanol–water partition coefficient (Wildman–Crippen LogP) is 2.15. The van der Waals surface area contributed by atoms with Gasteiger partial charge in [0.1, 0.15) is 11.6 Å². The second-order valence-corrected chi connectivity index (χ2v) is 8.01. The highest BCUT2D eigenvalue weighted by Gasteiger charge is 2.15. The molecule has 2 rings (SSSR count). The molecule has 0 saturated carbocycles. The van der Waals surface area contributed by atoms with E-state index in [9.17, 15) is 18.5 Å². The normalized spacial score (nSPS) is 11.6. The summed E-state index contributed by atoms with van der Waals surface area (Å²) in [5, 5.41) is 12.6. The van der Waals surface area contributed by atoms with Crippen molar-refractivity contribution in [3.63, 3.8) is 0 Å². The zero-order chi connectivity index (χ0) is 20.0. The summed E-state index contributed by atoms with van der Waals surface area (Å²) in [4.78, 5) is 16.3. The molecule has 1 N–H and O–H groups in total. The third kappa shape index (κ3) is 5.95. The molecule has 1 heterocycles. The van der Waals surface area contributed by atoms with Crippen molar-refractivity contribution in [1.82, 2.24) is 9.36 Å². The fraction of sp³-hybridized carbons (Fsp3) is 0.200. The van der Waals surface area contributed by atoms with Crippen LogP contribution in [0.4, 0.5) is 5.13 Å². The monoisotopic (exact) mass is 426 g/mol. The maximum Gasteiger partial charge on any atom is 0.306 e. The van der Waals surface area contributed by atoms with Gasteiger partial charge in [0.15, 0.2) is 11.5 Å². The number of carbonyl (C=O) groups excluding carboxylic acids is 1. The molecule has 0 unspecified atom stereocenters. The van der Waals surface area contributed by atoms with E-state index in [4.69, 9.17) is 8.92 Å². The summed E-state index contributed by atoms with van der Waals surface area (Å²) in [5.41, 5.74) is 0.274. The van der Waals surface area contributed by atoms with Gasteiger partial charge in [-0.1, -0.05) is 17.8 Å². The fourth-order valence-corrected chi connectivity index (χ4v) is 3.41. The molecule has 0 saturated heterocycles. The highest BCUT2D eigenvalue weighted by molar-refractivity contribution is 7.98. The van der Waals surface area contributed by atoms with Gasteiger partial charge >= 0.3 is 10.1 Å². The SMILES string of the molecule is COc1cc(/C=C(/C#N)C(=O)Nc2nc(SC)ns2)ccc1OS(C)(=O)=O. The van der Waals surface area contributed by atoms with E-state index < -0.39 is 16.0 Å². The first kappa shape index (κ1) is 20.7. The molecule has 0 aliphatic carbocycles. The summed E-state index contributed by atoms with van der Waals surface area (Å²) >= 11 is 2.34. The van der Waals surface area contributed by atoms with Crippen LogP contribution in [0.2, 0.25) is 0 Å². The molecule has 0 spiro atoms. The van der Waals surface area contributed by atoms with E-state index in [1.165, 1.54) is 43.1 Å². The minimum Gasteiger partial charge on any atom is -0.493 e. The van der Waals surface area contributed by atoms with E-state index in [0.717, 1.165) is 17.8 Å². The number of nitrogens with one attached hydrogen (secondary N) is 1. The van der Waals surface area contributed by atoms with Crippen molar-refractivity contribution in [2.45, 2.75) is 5.16 Å². The zero-order valence-electron chi connectivity index (χ0n) is 14.4. The summed E-state index contributed by atoms with van der Waals surface area (Å²) in [6.07, 6.45) is 4.05. The maximum atomic E-state index is 12.2. The largest absolute Gasteiger partial charge is 0.493 e. The van der Waals surface area contributed by atoms with E-state index >= 15 is 0 Å². The van der Waals surface area contributed by atoms with Crippen molar-refractivity contribution >= 4 is 50.5 Å². The van der Waals surface area contributed by atoms with Crippen molar-refractivity contribution in [2.24, 2.45) is 0 Å². The molecule has 1 amide bonds. The van der Waals surface area contributed by atoms with Gasteiger partial charge in [0.05, 0.1) is 13.4 Å². The molecule has 142 valence electrons. The van der Waals surface area contributed by atoms with Crippen molar-refractivity contribution in [2.75, 3.05) is 24.9 Å². The molecular formula is C15H14N4O5S3. The second-order valence-electron chi connectivity index (χ2n) is 4.91. The highest BCUT2D eigenvalue weighted by atomic mass is 32.2. The fourth-order valence-electron chi connectivity index (χ4n) is 1.83. The molecule has 27 heavy (non-hydrogen) atoms. The Morgan fingerprint density at radius 1 is 1.41 bits per heavy atom. The third-order valence-corrected chi connectivity index (χ3v) is 4.69. The van der Waals surface area contributed by atoms with E-state index in [1.807, 2.05) is 6.07 Å². The molecule has 0 radical (unpaired) electrons. The number of aromatic nitrogens is 2. The number of ether oxygens (including phenoxy) is 1. The van der Waals surface area contributed by atoms with E-state index in [-0.39, 0.29) is 22.2 Å². The predicted molar refractivity (Wildman–Crippen MR) is 102 cm³/mol. The van der Waals surface area contributed by atoms with Crippen LogP contribution in [0.15, 0.2) is 28.9 Å². The van der Waals surface area contributed by atoms with Crippen LogP contribution in [-0.4, -0.2) is 43.3 Å². The number of amides is 1. The average Bonchev–Trinajstić information content (AvgIpc) is 3.06. The first-order valence-electron chi connectivity index (χ1n) is 7.14. The first-order valence-corrected chi connectivity index (χ1v) is 11.0. The lowest BCUT2D eigenvalue weighted by molar-refractivity contribution is -0.112. The second kappa shape index (κ2) is 8.85. The molecule has 0 aliphatic heterocycles. The van der Waals surface area contributed by atoms with E-state index in [2.05, 4.69) is 14.7 Å². The molecule has 0 bridgehead atoms. The molecule has 9 nitrogen and oxygen atoms in total. The van der Waals surface area contributed by atoms with Gasteiger partial charge in [0.2, 0.25) is 10.3 Å². The van der Waals surface area contributed by atoms with Gasteiger partial charge < -0.3 is 8.92 Å². The lowest BCUT2D eigenvalue weighted by Gasteiger charge is -2.09. The Kier molecular flexibility index (Phi) is 6.78. The number of thioether (sulfide) groups is 1. The Labute approximate surface area is 164 Å². The van der Waals surface area contributed by atoms with Gasteiger partial charge in [0, 0.05) is 11.5 Å². The molecule has 0 aliphatic rings. The zero-order valence-corrected chi connectivity index (χ0v) is 16.9. The summed E-state index contributed by atoms with van der Waals surface area (Å²) in [5.74, 6) is -0.504. The number of benzene rings is 1. The van der Waals surface area contributed by atoms with Crippen LogP contribution in [-0.2, 0) is 14.9 Å². The molecule has 0 fully saturated rings. The van der Waals surface area contributed by atoms with Crippen LogP contribution in [0.3, 0.4) is 0 Å². The van der Waals surface area contributed by atoms with Crippen LogP contribution in [0.5, 0.6) is 11.5 Å². The summed E-state index contributed by atoms with van der Waals surface area (Å²) < 4.78 is 36.5. The Balaban J connectivity index is 2.25. The number of methoxy groups -OCH3 is 1. The molecular weight excluding hydrogens is 412 g/mol. The molecule has 0 atom stereocenters. The highest BCUT2D eigenvalue weighted by Crippen LogP contribution is 2.30. The number of hydrogen-bond acceptors (Lipinski definition) is 10. The number of anilines is 1. The summed E-state index contributed by atoms with van der Waals surface area (Å²) in [6, 6.07) is 6.12. The Hall–Kier alpha value is -2.62. The van der Waals surface area contributed by atoms with Gasteiger partial charge in [-0.3, -0.25) is 10.1 Å². The summed E-state index contributed by atoms with van der Waals surface area (Å²) in [7, 11) is -2.38. The van der Waals surface area contributed by atoms with Crippen LogP contribution in [0.25, 0.3) is 6.08 Å². The van der Waals surface area contributed by atoms with Crippen molar-refractivity contribution < 1.29 is 22.1 Å². The van der Waals surface area contributed by atoms with Gasteiger partial charge in [-0.2, -0.15) is 23.0 Å². The Morgan fingerprint density at radius 3 is 2.70 bits per heavy atom. The third-order valence-electron chi connectivity index (χ3n) is 2.92. The van der Waals surface area contributed by atoms with Crippen molar-refractivity contribution in [3.8, 4) is 17.6 Å². The Bertz CT molecular complexity index is 1020. The van der Waals surface area contributed by atoms with Gasteiger partial charge in [-0.05, 0) is 30.0 Å². The van der Waals surface area contributed by atoms with Crippen LogP contribution in [0.1, 0.15) is 5.56 Å². The number of rotatable bonds is 7. The molecule has 2 aromatic rings. The quantitative estimate of drug-likeness (QED) is 0.306. The van der Waals surface area contributed by atoms with Gasteiger partial charge in [0.25, 0.3) is 5.91 Å². The lowest BCUT2D eigenvalue weighted by Crippen LogP contribution is -2.13. The van der Waals surface area contributed by atoms with Crippen molar-refractivity contribution in [3.05, 3.63) is 29.3 Å². The molecule has 12 heteroatoms. The number of nitriles is 1. The standard InChI is InChI=1S/C15H14N4O5S3/c1-23-12-7-9(4-5-11(12)24-27(3,21)22)6-10(8-16)13(20)17-14-18-15(25-2)19-26-14/h4-7H,1-3H3,(H,17,18,19,20)/b10-6-. The van der Waals surface area contributed by atoms with Crippen LogP contribution >= 0.6 is 23.3 Å². The minimum atomic E-state index is -3.72. The van der Waals surface area contributed by atoms with Crippen LogP contribution in [0, 0.1) is 11.3 Å². The lowest BCUT2D eigenvalue weighted by atomic mass is 10.1. The molecule has 1 aromatic heterocycles. The smallest absolute Gasteiger partial charge is 0.306 e. The van der Waals surface area contributed by atoms with Crippen LogP contribution < -0.4 is 14.2 Å². The Morgan fingerprint density at radius 2 is 2.15 bits per heavy atom. The number of nitrogens with zero attached hydrogens (tertiary/aromatic N) is 3. The first-order chi connectivity index (χ1) is 12.8. The minimum absolute atomic E-state index is 0.00133. The number of hydrogen-bond donors (Lipinski definition) is 1. The van der Waals surface area contributed by atoms with E-state index in [1.54, 1.807) is 6.26 Å². The summed E-state index contributed by atoms with van der Waals surface area (Å²) in [6.45, 7) is 0.